The molecule has 1 aliphatic heterocycles. The van der Waals surface area contributed by atoms with Gasteiger partial charge in [-0.3, -0.25) is 9.59 Å². The molecule has 4 aromatic rings. The van der Waals surface area contributed by atoms with Gasteiger partial charge in [0.25, 0.3) is 0 Å². The number of hydrogen-bond donors (Lipinski definition) is 2. The van der Waals surface area contributed by atoms with Crippen LogP contribution >= 0.6 is 11.6 Å². The number of piperidine rings is 1. The van der Waals surface area contributed by atoms with E-state index in [0.717, 1.165) is 0 Å². The van der Waals surface area contributed by atoms with Gasteiger partial charge in [-0.2, -0.15) is 0 Å². The predicted octanol–water partition coefficient (Wildman–Crippen LogP) is 7.15. The molecule has 1 heterocycles. The Labute approximate surface area is 227 Å². The smallest absolute Gasteiger partial charge is 0.230 e. The zero-order valence-corrected chi connectivity index (χ0v) is 21.1. The van der Waals surface area contributed by atoms with E-state index < -0.39 is 47.1 Å². The summed E-state index contributed by atoms with van der Waals surface area (Å²) in [6, 6.07) is 20.2. The van der Waals surface area contributed by atoms with Crippen LogP contribution in [0.3, 0.4) is 0 Å². The third-order valence-electron chi connectivity index (χ3n) is 6.53. The Morgan fingerprint density at radius 1 is 0.872 bits per heavy atom. The summed E-state index contributed by atoms with van der Waals surface area (Å²) >= 11 is 6.09. The van der Waals surface area contributed by atoms with Crippen molar-refractivity contribution in [3.8, 4) is 11.5 Å². The lowest BCUT2D eigenvalue weighted by molar-refractivity contribution is -0.129. The van der Waals surface area contributed by atoms with Crippen LogP contribution in [-0.2, 0) is 9.59 Å². The lowest BCUT2D eigenvalue weighted by atomic mass is 9.73. The maximum absolute atomic E-state index is 14.6. The molecule has 2 amide bonds. The molecule has 0 spiro atoms. The maximum atomic E-state index is 14.6. The molecule has 0 saturated carbocycles. The van der Waals surface area contributed by atoms with Gasteiger partial charge >= 0.3 is 0 Å². The van der Waals surface area contributed by atoms with Gasteiger partial charge in [-0.25, -0.2) is 13.2 Å². The molecule has 0 radical (unpaired) electrons. The van der Waals surface area contributed by atoms with Gasteiger partial charge in [0.2, 0.25) is 11.8 Å². The predicted molar refractivity (Wildman–Crippen MR) is 141 cm³/mol. The van der Waals surface area contributed by atoms with Crippen molar-refractivity contribution in [2.45, 2.75) is 18.4 Å². The van der Waals surface area contributed by atoms with E-state index in [1.807, 2.05) is 0 Å². The fraction of sp³-hybridized carbons (Fsp3) is 0.133. The van der Waals surface area contributed by atoms with Crippen molar-refractivity contribution in [1.29, 1.82) is 0 Å². The number of nitrogens with one attached hydrogen (secondary N) is 2. The van der Waals surface area contributed by atoms with Crippen LogP contribution in [0.4, 0.5) is 18.9 Å². The Balaban J connectivity index is 1.60. The Hall–Kier alpha value is -4.30. The first-order valence-corrected chi connectivity index (χ1v) is 12.5. The van der Waals surface area contributed by atoms with Gasteiger partial charge in [-0.15, -0.1) is 0 Å². The number of amides is 2. The molecule has 1 unspecified atom stereocenters. The highest BCUT2D eigenvalue weighted by Crippen LogP contribution is 2.44. The molecule has 5 rings (SSSR count). The molecule has 4 aromatic carbocycles. The SMILES string of the molecule is O=C1C[C@@H](c2cccc(F)c2)C(C(=O)Nc2cccc(Cl)c2)[C@@H](c2cc(F)ccc2Oc2ccc(F)cc2)N1. The minimum Gasteiger partial charge on any atom is -0.457 e. The molecule has 1 saturated heterocycles. The first kappa shape index (κ1) is 26.3. The zero-order chi connectivity index (χ0) is 27.5. The van der Waals surface area contributed by atoms with Crippen molar-refractivity contribution in [2.24, 2.45) is 5.92 Å². The monoisotopic (exact) mass is 550 g/mol. The maximum Gasteiger partial charge on any atom is 0.230 e. The molecule has 39 heavy (non-hydrogen) atoms. The van der Waals surface area contributed by atoms with Crippen molar-refractivity contribution >= 4 is 29.1 Å². The van der Waals surface area contributed by atoms with Gasteiger partial charge in [0.05, 0.1) is 12.0 Å². The minimum absolute atomic E-state index is 0.100. The summed E-state index contributed by atoms with van der Waals surface area (Å²) in [5, 5.41) is 6.04. The van der Waals surface area contributed by atoms with Gasteiger partial charge in [0.1, 0.15) is 29.0 Å². The van der Waals surface area contributed by atoms with Crippen molar-refractivity contribution in [3.63, 3.8) is 0 Å². The summed E-state index contributed by atoms with van der Waals surface area (Å²) in [6.07, 6.45) is -0.100. The van der Waals surface area contributed by atoms with E-state index in [-0.39, 0.29) is 23.5 Å². The third-order valence-corrected chi connectivity index (χ3v) is 6.77. The number of halogens is 4. The third kappa shape index (κ3) is 6.07. The van der Waals surface area contributed by atoms with Crippen LogP contribution in [0, 0.1) is 23.4 Å². The molecule has 2 N–H and O–H groups in total. The van der Waals surface area contributed by atoms with E-state index >= 15 is 0 Å². The first-order valence-electron chi connectivity index (χ1n) is 12.1. The first-order chi connectivity index (χ1) is 18.8. The van der Waals surface area contributed by atoms with Crippen molar-refractivity contribution in [2.75, 3.05) is 5.32 Å². The number of hydrogen-bond acceptors (Lipinski definition) is 3. The molecular weight excluding hydrogens is 529 g/mol. The van der Waals surface area contributed by atoms with E-state index in [2.05, 4.69) is 10.6 Å². The minimum atomic E-state index is -1.05. The molecule has 0 aromatic heterocycles. The van der Waals surface area contributed by atoms with Crippen molar-refractivity contribution in [3.05, 3.63) is 125 Å². The Morgan fingerprint density at radius 3 is 2.33 bits per heavy atom. The van der Waals surface area contributed by atoms with E-state index in [1.165, 1.54) is 60.7 Å². The molecule has 1 aliphatic rings. The summed E-state index contributed by atoms with van der Waals surface area (Å²) in [5.41, 5.74) is 1.06. The standard InChI is InChI=1S/C30H22ClF3N2O3/c31-18-4-2-6-22(14-18)35-30(38)28-24(17-3-1-5-20(33)13-17)16-27(37)36-29(28)25-15-21(34)9-12-26(25)39-23-10-7-19(32)8-11-23/h1-15,24,28-29H,16H2,(H,35,38)(H,36,37)/t24-,28?,29+/m0/s1. The number of carbonyl (C=O) groups is 2. The lowest BCUT2D eigenvalue weighted by Gasteiger charge is -2.38. The van der Waals surface area contributed by atoms with Crippen LogP contribution in [0.25, 0.3) is 0 Å². The molecular formula is C30H22ClF3N2O3. The van der Waals surface area contributed by atoms with Crippen LogP contribution in [-0.4, -0.2) is 11.8 Å². The highest BCUT2D eigenvalue weighted by atomic mass is 35.5. The van der Waals surface area contributed by atoms with Gasteiger partial charge in [-0.1, -0.05) is 29.8 Å². The Bertz CT molecular complexity index is 1530. The normalized spacial score (nSPS) is 18.8. The fourth-order valence-electron chi connectivity index (χ4n) is 4.83. The average Bonchev–Trinajstić information content (AvgIpc) is 2.90. The van der Waals surface area contributed by atoms with Crippen LogP contribution in [0.2, 0.25) is 5.02 Å². The molecule has 0 aliphatic carbocycles. The largest absolute Gasteiger partial charge is 0.457 e. The highest BCUT2D eigenvalue weighted by molar-refractivity contribution is 6.30. The highest BCUT2D eigenvalue weighted by Gasteiger charge is 2.44. The molecule has 1 fully saturated rings. The second kappa shape index (κ2) is 11.2. The lowest BCUT2D eigenvalue weighted by Crippen LogP contribution is -2.47. The Kier molecular flexibility index (Phi) is 7.56. The molecule has 0 bridgehead atoms. The molecule has 198 valence electrons. The summed E-state index contributed by atoms with van der Waals surface area (Å²) in [5.74, 6) is -3.81. The number of rotatable bonds is 6. The number of anilines is 1. The van der Waals surface area contributed by atoms with Crippen LogP contribution in [0.5, 0.6) is 11.5 Å². The average molecular weight is 551 g/mol. The molecule has 3 atom stereocenters. The van der Waals surface area contributed by atoms with E-state index in [0.29, 0.717) is 16.3 Å². The topological polar surface area (TPSA) is 67.4 Å². The van der Waals surface area contributed by atoms with Crippen molar-refractivity contribution < 1.29 is 27.5 Å². The summed E-state index contributed by atoms with van der Waals surface area (Å²) in [6.45, 7) is 0. The zero-order valence-electron chi connectivity index (χ0n) is 20.3. The van der Waals surface area contributed by atoms with Gasteiger partial charge in [0.15, 0.2) is 0 Å². The summed E-state index contributed by atoms with van der Waals surface area (Å²) in [4.78, 5) is 26.8. The van der Waals surface area contributed by atoms with Crippen molar-refractivity contribution in [1.82, 2.24) is 5.32 Å². The van der Waals surface area contributed by atoms with Crippen LogP contribution < -0.4 is 15.4 Å². The van der Waals surface area contributed by atoms with Gasteiger partial charge < -0.3 is 15.4 Å². The summed E-state index contributed by atoms with van der Waals surface area (Å²) in [7, 11) is 0. The van der Waals surface area contributed by atoms with Gasteiger partial charge in [0, 0.05) is 28.6 Å². The van der Waals surface area contributed by atoms with Gasteiger partial charge in [-0.05, 0) is 78.4 Å². The van der Waals surface area contributed by atoms with E-state index in [1.54, 1.807) is 30.3 Å². The number of benzene rings is 4. The summed E-state index contributed by atoms with van der Waals surface area (Å²) < 4.78 is 48.2. The Morgan fingerprint density at radius 2 is 1.59 bits per heavy atom. The molecule has 9 heteroatoms. The van der Waals surface area contributed by atoms with E-state index in [9.17, 15) is 22.8 Å². The second-order valence-corrected chi connectivity index (χ2v) is 9.61. The quantitative estimate of drug-likeness (QED) is 0.268. The number of ether oxygens (including phenoxy) is 1. The fourth-order valence-corrected chi connectivity index (χ4v) is 5.02. The molecule has 5 nitrogen and oxygen atoms in total. The van der Waals surface area contributed by atoms with Crippen LogP contribution in [0.1, 0.15) is 29.5 Å². The van der Waals surface area contributed by atoms with Crippen LogP contribution in [0.15, 0.2) is 91.0 Å². The second-order valence-electron chi connectivity index (χ2n) is 9.17. The number of carbonyl (C=O) groups excluding carboxylic acids is 2. The van der Waals surface area contributed by atoms with E-state index in [4.69, 9.17) is 16.3 Å².